The number of hydrogen-bond acceptors (Lipinski definition) is 3. The van der Waals surface area contributed by atoms with E-state index in [0.717, 1.165) is 18.5 Å². The molecule has 2 aliphatic rings. The molecule has 1 unspecified atom stereocenters. The van der Waals surface area contributed by atoms with Gasteiger partial charge in [-0.3, -0.25) is 9.59 Å². The van der Waals surface area contributed by atoms with Crippen molar-refractivity contribution in [3.8, 4) is 11.4 Å². The van der Waals surface area contributed by atoms with Gasteiger partial charge in [-0.1, -0.05) is 19.3 Å². The Hall–Kier alpha value is -2.50. The molecule has 148 valence electrons. The van der Waals surface area contributed by atoms with Crippen molar-refractivity contribution in [1.82, 2.24) is 15.3 Å². The van der Waals surface area contributed by atoms with E-state index in [0.29, 0.717) is 48.7 Å². The molecule has 2 aliphatic carbocycles. The molecule has 1 fully saturated rings. The summed E-state index contributed by atoms with van der Waals surface area (Å²) in [7, 11) is 0. The van der Waals surface area contributed by atoms with Crippen LogP contribution in [0.2, 0.25) is 0 Å². The molecule has 0 aliphatic heterocycles. The van der Waals surface area contributed by atoms with Crippen LogP contribution in [0, 0.1) is 11.7 Å². The van der Waals surface area contributed by atoms with E-state index in [-0.39, 0.29) is 23.2 Å². The molecule has 0 bridgehead atoms. The lowest BCUT2D eigenvalue weighted by atomic mass is 9.93. The summed E-state index contributed by atoms with van der Waals surface area (Å²) in [5, 5.41) is 3.22. The van der Waals surface area contributed by atoms with Gasteiger partial charge in [0.1, 0.15) is 11.6 Å². The zero-order valence-corrected chi connectivity index (χ0v) is 16.0. The number of nitrogens with zero attached hydrogens (tertiary/aromatic N) is 1. The molecular weight excluding hydrogens is 357 g/mol. The predicted octanol–water partition coefficient (Wildman–Crippen LogP) is 3.52. The topological polar surface area (TPSA) is 74.8 Å². The largest absolute Gasteiger partial charge is 0.353 e. The minimum Gasteiger partial charge on any atom is -0.353 e. The first-order valence-corrected chi connectivity index (χ1v) is 10.3. The van der Waals surface area contributed by atoms with Crippen molar-refractivity contribution in [2.75, 3.05) is 0 Å². The van der Waals surface area contributed by atoms with E-state index in [1.165, 1.54) is 31.4 Å². The Bertz CT molecular complexity index is 901. The van der Waals surface area contributed by atoms with Crippen LogP contribution in [0.1, 0.15) is 56.2 Å². The molecule has 28 heavy (non-hydrogen) atoms. The van der Waals surface area contributed by atoms with E-state index in [4.69, 9.17) is 0 Å². The Labute approximate surface area is 163 Å². The summed E-state index contributed by atoms with van der Waals surface area (Å²) in [5.74, 6) is 0.168. The number of hydrogen-bond donors (Lipinski definition) is 2. The molecule has 2 N–H and O–H groups in total. The van der Waals surface area contributed by atoms with Gasteiger partial charge in [-0.2, -0.15) is 0 Å². The van der Waals surface area contributed by atoms with Crippen molar-refractivity contribution in [2.24, 2.45) is 5.92 Å². The molecule has 1 atom stereocenters. The van der Waals surface area contributed by atoms with Crippen LogP contribution in [0.5, 0.6) is 0 Å². The second kappa shape index (κ2) is 8.25. The summed E-state index contributed by atoms with van der Waals surface area (Å²) < 4.78 is 13.2. The summed E-state index contributed by atoms with van der Waals surface area (Å²) in [6.07, 6.45) is 8.31. The SMILES string of the molecule is O=C(NC1CCCCC1)C1CCc2nc(-c3ccc(F)cc3)[nH]c(=O)c2CC1. The molecule has 6 heteroatoms. The van der Waals surface area contributed by atoms with Crippen molar-refractivity contribution in [1.29, 1.82) is 0 Å². The Morgan fingerprint density at radius 2 is 1.75 bits per heavy atom. The molecule has 1 aromatic heterocycles. The molecular formula is C22H26FN3O2. The number of fused-ring (bicyclic) bond motifs is 1. The Kier molecular flexibility index (Phi) is 5.55. The zero-order chi connectivity index (χ0) is 19.5. The number of nitrogens with one attached hydrogen (secondary N) is 2. The molecule has 4 rings (SSSR count). The second-order valence-electron chi connectivity index (χ2n) is 7.96. The third-order valence-corrected chi connectivity index (χ3v) is 6.01. The number of H-pyrrole nitrogens is 1. The minimum absolute atomic E-state index is 0.0789. The van der Waals surface area contributed by atoms with Crippen LogP contribution in [0.25, 0.3) is 11.4 Å². The van der Waals surface area contributed by atoms with E-state index in [9.17, 15) is 14.0 Å². The van der Waals surface area contributed by atoms with E-state index >= 15 is 0 Å². The third-order valence-electron chi connectivity index (χ3n) is 6.01. The van der Waals surface area contributed by atoms with Crippen molar-refractivity contribution in [3.63, 3.8) is 0 Å². The van der Waals surface area contributed by atoms with Gasteiger partial charge in [0.25, 0.3) is 5.56 Å². The van der Waals surface area contributed by atoms with E-state index in [2.05, 4.69) is 15.3 Å². The van der Waals surface area contributed by atoms with Crippen molar-refractivity contribution in [2.45, 2.75) is 63.8 Å². The van der Waals surface area contributed by atoms with Gasteiger partial charge in [0.05, 0.1) is 5.69 Å². The zero-order valence-electron chi connectivity index (χ0n) is 16.0. The summed E-state index contributed by atoms with van der Waals surface area (Å²) in [6.45, 7) is 0. The van der Waals surface area contributed by atoms with Gasteiger partial charge in [-0.25, -0.2) is 9.37 Å². The highest BCUT2D eigenvalue weighted by Crippen LogP contribution is 2.25. The first-order valence-electron chi connectivity index (χ1n) is 10.3. The molecule has 1 saturated carbocycles. The highest BCUT2D eigenvalue weighted by atomic mass is 19.1. The maximum atomic E-state index is 13.2. The second-order valence-corrected chi connectivity index (χ2v) is 7.96. The molecule has 0 saturated heterocycles. The number of aromatic amines is 1. The Morgan fingerprint density at radius 3 is 2.50 bits per heavy atom. The van der Waals surface area contributed by atoms with Crippen LogP contribution in [-0.4, -0.2) is 21.9 Å². The fourth-order valence-electron chi connectivity index (χ4n) is 4.36. The standard InChI is InChI=1S/C22H26FN3O2/c23-16-10-6-14(7-11-16)20-25-19-13-9-15(8-12-18(19)22(28)26-20)21(27)24-17-4-2-1-3-5-17/h6-7,10-11,15,17H,1-5,8-9,12-13H2,(H,24,27)(H,25,26,28). The summed E-state index contributed by atoms with van der Waals surface area (Å²) >= 11 is 0. The first-order chi connectivity index (χ1) is 13.6. The van der Waals surface area contributed by atoms with Crippen LogP contribution < -0.4 is 10.9 Å². The maximum Gasteiger partial charge on any atom is 0.254 e. The van der Waals surface area contributed by atoms with Gasteiger partial charge < -0.3 is 10.3 Å². The number of amides is 1. The molecule has 1 amide bonds. The number of rotatable bonds is 3. The monoisotopic (exact) mass is 383 g/mol. The molecule has 1 aromatic carbocycles. The van der Waals surface area contributed by atoms with Crippen LogP contribution in [0.15, 0.2) is 29.1 Å². The quantitative estimate of drug-likeness (QED) is 0.797. The average molecular weight is 383 g/mol. The van der Waals surface area contributed by atoms with Crippen LogP contribution in [0.3, 0.4) is 0 Å². The van der Waals surface area contributed by atoms with E-state index in [1.807, 2.05) is 0 Å². The molecule has 1 heterocycles. The van der Waals surface area contributed by atoms with Crippen molar-refractivity contribution >= 4 is 5.91 Å². The normalized spacial score (nSPS) is 20.2. The maximum absolute atomic E-state index is 13.2. The van der Waals surface area contributed by atoms with Crippen LogP contribution in [0.4, 0.5) is 4.39 Å². The molecule has 2 aromatic rings. The fourth-order valence-corrected chi connectivity index (χ4v) is 4.36. The lowest BCUT2D eigenvalue weighted by molar-refractivity contribution is -0.126. The van der Waals surface area contributed by atoms with Crippen molar-refractivity contribution in [3.05, 3.63) is 51.7 Å². The van der Waals surface area contributed by atoms with Gasteiger partial charge in [0.15, 0.2) is 0 Å². The summed E-state index contributed by atoms with van der Waals surface area (Å²) in [5.41, 5.74) is 1.96. The highest BCUT2D eigenvalue weighted by molar-refractivity contribution is 5.79. The van der Waals surface area contributed by atoms with E-state index < -0.39 is 0 Å². The van der Waals surface area contributed by atoms with Crippen LogP contribution in [-0.2, 0) is 17.6 Å². The number of benzene rings is 1. The van der Waals surface area contributed by atoms with Crippen LogP contribution >= 0.6 is 0 Å². The molecule has 0 radical (unpaired) electrons. The first kappa shape index (κ1) is 18.8. The summed E-state index contributed by atoms with van der Waals surface area (Å²) in [4.78, 5) is 32.8. The fraction of sp³-hybridized carbons (Fsp3) is 0.500. The summed E-state index contributed by atoms with van der Waals surface area (Å²) in [6, 6.07) is 6.23. The smallest absolute Gasteiger partial charge is 0.254 e. The number of halogens is 1. The predicted molar refractivity (Wildman–Crippen MR) is 105 cm³/mol. The van der Waals surface area contributed by atoms with Gasteiger partial charge >= 0.3 is 0 Å². The lowest BCUT2D eigenvalue weighted by Gasteiger charge is -2.25. The number of carbonyl (C=O) groups excluding carboxylic acids is 1. The van der Waals surface area contributed by atoms with E-state index in [1.54, 1.807) is 12.1 Å². The number of aryl methyl sites for hydroxylation is 1. The Balaban J connectivity index is 1.49. The molecule has 0 spiro atoms. The number of carbonyl (C=O) groups is 1. The lowest BCUT2D eigenvalue weighted by Crippen LogP contribution is -2.40. The average Bonchev–Trinajstić information content (AvgIpc) is 2.92. The van der Waals surface area contributed by atoms with Crippen molar-refractivity contribution < 1.29 is 9.18 Å². The van der Waals surface area contributed by atoms with Gasteiger partial charge in [0, 0.05) is 23.1 Å². The molecule has 5 nitrogen and oxygen atoms in total. The third kappa shape index (κ3) is 4.16. The van der Waals surface area contributed by atoms with Gasteiger partial charge in [-0.15, -0.1) is 0 Å². The van der Waals surface area contributed by atoms with Gasteiger partial charge in [0.2, 0.25) is 5.91 Å². The minimum atomic E-state index is -0.326. The Morgan fingerprint density at radius 1 is 1.04 bits per heavy atom. The number of aromatic nitrogens is 2. The van der Waals surface area contributed by atoms with Gasteiger partial charge in [-0.05, 0) is 62.8 Å². The highest BCUT2D eigenvalue weighted by Gasteiger charge is 2.27.